The summed E-state index contributed by atoms with van der Waals surface area (Å²) < 4.78 is 12.9. The first kappa shape index (κ1) is 11.8. The highest BCUT2D eigenvalue weighted by Gasteiger charge is 2.04. The largest absolute Gasteiger partial charge is 0.360 e. The molecule has 1 atom stereocenters. The third-order valence-corrected chi connectivity index (χ3v) is 1.75. The molecule has 0 saturated carbocycles. The molecule has 1 nitrogen and oxygen atoms in total. The van der Waals surface area contributed by atoms with Crippen LogP contribution in [-0.4, -0.2) is 12.2 Å². The van der Waals surface area contributed by atoms with Gasteiger partial charge in [-0.05, 0) is 12.8 Å². The van der Waals surface area contributed by atoms with E-state index in [1.807, 2.05) is 19.9 Å². The number of rotatable bonds is 6. The highest BCUT2D eigenvalue weighted by molar-refractivity contribution is 6.17. The van der Waals surface area contributed by atoms with Crippen molar-refractivity contribution in [3.05, 3.63) is 11.8 Å². The highest BCUT2D eigenvalue weighted by Crippen LogP contribution is 2.03. The van der Waals surface area contributed by atoms with Gasteiger partial charge in [0.25, 0.3) is 0 Å². The molecule has 0 amide bonds. The molecule has 0 saturated heterocycles. The van der Waals surface area contributed by atoms with Crippen LogP contribution in [0.2, 0.25) is 0 Å². The van der Waals surface area contributed by atoms with Gasteiger partial charge in [-0.15, -0.1) is 11.6 Å². The summed E-state index contributed by atoms with van der Waals surface area (Å²) in [5.74, 6) is 0.358. The molecule has 0 aromatic heterocycles. The van der Waals surface area contributed by atoms with Crippen LogP contribution >= 0.6 is 11.6 Å². The predicted octanol–water partition coefficient (Wildman–Crippen LogP) is 3.20. The van der Waals surface area contributed by atoms with Gasteiger partial charge in [-0.2, -0.15) is 0 Å². The molecule has 0 aromatic rings. The van der Waals surface area contributed by atoms with Crippen LogP contribution in [0.15, 0.2) is 11.8 Å². The molecular weight excluding hydrogens is 177 g/mol. The number of allylic oxidation sites excluding steroid dienone is 2. The second kappa shape index (κ2) is 7.41. The molecule has 1 N–H and O–H groups in total. The van der Waals surface area contributed by atoms with Gasteiger partial charge < -0.3 is 5.32 Å². The van der Waals surface area contributed by atoms with Crippen molar-refractivity contribution in [2.45, 2.75) is 39.4 Å². The van der Waals surface area contributed by atoms with Gasteiger partial charge in [0.15, 0.2) is 6.30 Å². The van der Waals surface area contributed by atoms with Gasteiger partial charge in [0, 0.05) is 18.0 Å². The van der Waals surface area contributed by atoms with Crippen LogP contribution in [0.3, 0.4) is 0 Å². The summed E-state index contributed by atoms with van der Waals surface area (Å²) in [6.07, 6.45) is 3.14. The van der Waals surface area contributed by atoms with Crippen LogP contribution < -0.4 is 5.32 Å². The molecule has 0 spiro atoms. The van der Waals surface area contributed by atoms with E-state index in [-0.39, 0.29) is 0 Å². The Bertz CT molecular complexity index is 136. The average molecular weight is 194 g/mol. The second-order valence-electron chi connectivity index (χ2n) is 2.58. The lowest BCUT2D eigenvalue weighted by Gasteiger charge is -2.12. The third-order valence-electron chi connectivity index (χ3n) is 1.54. The Morgan fingerprint density at radius 2 is 2.25 bits per heavy atom. The summed E-state index contributed by atoms with van der Waals surface area (Å²) >= 11 is 5.40. The molecule has 0 heterocycles. The lowest BCUT2D eigenvalue weighted by molar-refractivity contribution is 0.285. The van der Waals surface area contributed by atoms with E-state index in [2.05, 4.69) is 5.32 Å². The molecule has 0 aromatic carbocycles. The molecule has 0 radical (unpaired) electrons. The van der Waals surface area contributed by atoms with Crippen molar-refractivity contribution < 1.29 is 4.39 Å². The van der Waals surface area contributed by atoms with E-state index in [4.69, 9.17) is 11.6 Å². The number of hydrogen-bond donors (Lipinski definition) is 1. The molecule has 0 rings (SSSR count). The van der Waals surface area contributed by atoms with Gasteiger partial charge in [-0.25, -0.2) is 4.39 Å². The zero-order valence-corrected chi connectivity index (χ0v) is 8.49. The van der Waals surface area contributed by atoms with E-state index in [0.29, 0.717) is 12.3 Å². The average Bonchev–Trinajstić information content (AvgIpc) is 2.04. The lowest BCUT2D eigenvalue weighted by atomic mass is 10.2. The van der Waals surface area contributed by atoms with Crippen LogP contribution in [0, 0.1) is 0 Å². The fraction of sp³-hybridized carbons (Fsp3) is 0.778. The summed E-state index contributed by atoms with van der Waals surface area (Å²) in [5, 5.41) is 2.78. The Balaban J connectivity index is 3.77. The molecule has 12 heavy (non-hydrogen) atoms. The van der Waals surface area contributed by atoms with E-state index < -0.39 is 6.30 Å². The molecule has 0 aliphatic rings. The zero-order valence-electron chi connectivity index (χ0n) is 7.74. The van der Waals surface area contributed by atoms with Crippen molar-refractivity contribution in [1.82, 2.24) is 5.32 Å². The van der Waals surface area contributed by atoms with Crippen molar-refractivity contribution in [2.75, 3.05) is 5.88 Å². The second-order valence-corrected chi connectivity index (χ2v) is 2.96. The van der Waals surface area contributed by atoms with Crippen molar-refractivity contribution >= 4 is 11.6 Å². The van der Waals surface area contributed by atoms with Gasteiger partial charge in [0.2, 0.25) is 0 Å². The monoisotopic (exact) mass is 193 g/mol. The van der Waals surface area contributed by atoms with Crippen molar-refractivity contribution in [3.63, 3.8) is 0 Å². The first-order chi connectivity index (χ1) is 5.74. The van der Waals surface area contributed by atoms with Crippen LogP contribution in [0.1, 0.15) is 33.1 Å². The number of halogens is 2. The minimum atomic E-state index is -1.000. The van der Waals surface area contributed by atoms with Crippen LogP contribution in [0.25, 0.3) is 0 Å². The van der Waals surface area contributed by atoms with Crippen LogP contribution in [0.4, 0.5) is 4.39 Å². The van der Waals surface area contributed by atoms with E-state index in [9.17, 15) is 4.39 Å². The summed E-state index contributed by atoms with van der Waals surface area (Å²) in [6, 6.07) is 0. The first-order valence-corrected chi connectivity index (χ1v) is 4.93. The Kier molecular flexibility index (Phi) is 7.26. The fourth-order valence-electron chi connectivity index (χ4n) is 0.921. The minimum Gasteiger partial charge on any atom is -0.360 e. The van der Waals surface area contributed by atoms with Crippen LogP contribution in [-0.2, 0) is 0 Å². The molecule has 3 heteroatoms. The lowest BCUT2D eigenvalue weighted by Crippen LogP contribution is -2.24. The highest BCUT2D eigenvalue weighted by atomic mass is 35.5. The maximum absolute atomic E-state index is 12.9. The van der Waals surface area contributed by atoms with Gasteiger partial charge in [0.05, 0.1) is 0 Å². The Morgan fingerprint density at radius 3 is 2.67 bits per heavy atom. The number of alkyl halides is 2. The van der Waals surface area contributed by atoms with E-state index in [0.717, 1.165) is 18.5 Å². The quantitative estimate of drug-likeness (QED) is 0.505. The summed E-state index contributed by atoms with van der Waals surface area (Å²) in [7, 11) is 0. The Morgan fingerprint density at radius 1 is 1.58 bits per heavy atom. The smallest absolute Gasteiger partial charge is 0.171 e. The van der Waals surface area contributed by atoms with Gasteiger partial charge in [0.1, 0.15) is 0 Å². The fourth-order valence-corrected chi connectivity index (χ4v) is 1.11. The number of nitrogens with one attached hydrogen (secondary N) is 1. The zero-order chi connectivity index (χ0) is 9.40. The molecule has 0 bridgehead atoms. The predicted molar refractivity (Wildman–Crippen MR) is 52.0 cm³/mol. The first-order valence-electron chi connectivity index (χ1n) is 4.40. The third kappa shape index (κ3) is 5.42. The van der Waals surface area contributed by atoms with Crippen molar-refractivity contribution in [2.24, 2.45) is 0 Å². The Labute approximate surface area is 79.0 Å². The Hall–Kier alpha value is -0.240. The standard InChI is InChI=1S/C9H17ClFN/c1-3-5-8(4-2)12-9(11)6-7-10/h5,9,12H,3-4,6-7H2,1-2H3/b8-5+. The molecule has 0 aliphatic carbocycles. The number of hydrogen-bond acceptors (Lipinski definition) is 1. The summed E-state index contributed by atoms with van der Waals surface area (Å²) in [5.41, 5.74) is 0.968. The van der Waals surface area contributed by atoms with Gasteiger partial charge in [-0.1, -0.05) is 19.9 Å². The van der Waals surface area contributed by atoms with Crippen molar-refractivity contribution in [3.8, 4) is 0 Å². The topological polar surface area (TPSA) is 12.0 Å². The molecule has 72 valence electrons. The van der Waals surface area contributed by atoms with Crippen molar-refractivity contribution in [1.29, 1.82) is 0 Å². The molecular formula is C9H17ClFN. The molecule has 1 unspecified atom stereocenters. The molecule has 0 fully saturated rings. The van der Waals surface area contributed by atoms with E-state index in [1.54, 1.807) is 0 Å². The maximum Gasteiger partial charge on any atom is 0.171 e. The minimum absolute atomic E-state index is 0.358. The molecule has 0 aliphatic heterocycles. The normalized spacial score (nSPS) is 14.5. The summed E-state index contributed by atoms with van der Waals surface area (Å²) in [4.78, 5) is 0. The maximum atomic E-state index is 12.9. The SMILES string of the molecule is CC/C=C(\CC)NC(F)CCCl. The van der Waals surface area contributed by atoms with Gasteiger partial charge >= 0.3 is 0 Å². The van der Waals surface area contributed by atoms with Gasteiger partial charge in [-0.3, -0.25) is 0 Å². The van der Waals surface area contributed by atoms with Crippen LogP contribution in [0.5, 0.6) is 0 Å². The van der Waals surface area contributed by atoms with E-state index in [1.165, 1.54) is 0 Å². The summed E-state index contributed by atoms with van der Waals surface area (Å²) in [6.45, 7) is 4.04. The van der Waals surface area contributed by atoms with E-state index >= 15 is 0 Å².